The third-order valence-corrected chi connectivity index (χ3v) is 5.14. The standard InChI is InChI=1S/C20H23N5O.2ClH/c1-14-7-9-15(10-8-14)18(21)20(26)24-11-4-5-16(13-24)19-23-22-17-6-2-3-12-25(17)19;;/h2-3,6-10,12,16,18H,4-5,11,13,21H2,1H3;2*1H. The molecule has 1 aliphatic rings. The Morgan fingerprint density at radius 2 is 1.89 bits per heavy atom. The molecule has 28 heavy (non-hydrogen) atoms. The van der Waals surface area contributed by atoms with E-state index in [9.17, 15) is 4.79 Å². The van der Waals surface area contributed by atoms with Crippen LogP contribution in [0.5, 0.6) is 0 Å². The van der Waals surface area contributed by atoms with Gasteiger partial charge in [-0.1, -0.05) is 35.9 Å². The first-order valence-electron chi connectivity index (χ1n) is 9.04. The summed E-state index contributed by atoms with van der Waals surface area (Å²) in [7, 11) is 0. The van der Waals surface area contributed by atoms with E-state index in [0.717, 1.165) is 42.0 Å². The highest BCUT2D eigenvalue weighted by Gasteiger charge is 2.30. The number of aryl methyl sites for hydroxylation is 1. The molecule has 3 aromatic rings. The normalized spacial score (nSPS) is 17.5. The fourth-order valence-corrected chi connectivity index (χ4v) is 3.64. The smallest absolute Gasteiger partial charge is 0.244 e. The van der Waals surface area contributed by atoms with Gasteiger partial charge in [0.2, 0.25) is 5.91 Å². The summed E-state index contributed by atoms with van der Waals surface area (Å²) in [6.07, 6.45) is 3.92. The molecular formula is C20H25Cl2N5O. The number of nitrogens with two attached hydrogens (primary N) is 1. The minimum atomic E-state index is -0.621. The maximum absolute atomic E-state index is 12.9. The van der Waals surface area contributed by atoms with Gasteiger partial charge < -0.3 is 10.6 Å². The highest BCUT2D eigenvalue weighted by atomic mass is 35.5. The van der Waals surface area contributed by atoms with Gasteiger partial charge in [0.15, 0.2) is 5.65 Å². The number of piperidine rings is 1. The predicted octanol–water partition coefficient (Wildman–Crippen LogP) is 3.29. The van der Waals surface area contributed by atoms with Crippen molar-refractivity contribution in [1.29, 1.82) is 0 Å². The molecule has 3 heterocycles. The lowest BCUT2D eigenvalue weighted by molar-refractivity contribution is -0.134. The molecule has 0 radical (unpaired) electrons. The largest absolute Gasteiger partial charge is 0.340 e. The third kappa shape index (κ3) is 4.29. The van der Waals surface area contributed by atoms with Gasteiger partial charge in [0.05, 0.1) is 0 Å². The second-order valence-electron chi connectivity index (χ2n) is 7.00. The zero-order valence-corrected chi connectivity index (χ0v) is 17.3. The van der Waals surface area contributed by atoms with E-state index in [1.54, 1.807) is 0 Å². The molecule has 0 bridgehead atoms. The monoisotopic (exact) mass is 421 g/mol. The van der Waals surface area contributed by atoms with Gasteiger partial charge >= 0.3 is 0 Å². The van der Waals surface area contributed by atoms with Crippen molar-refractivity contribution in [3.8, 4) is 0 Å². The van der Waals surface area contributed by atoms with Crippen molar-refractivity contribution >= 4 is 36.4 Å². The maximum atomic E-state index is 12.9. The maximum Gasteiger partial charge on any atom is 0.244 e. The predicted molar refractivity (Wildman–Crippen MR) is 114 cm³/mol. The van der Waals surface area contributed by atoms with Gasteiger partial charge in [-0.15, -0.1) is 35.0 Å². The number of fused-ring (bicyclic) bond motifs is 1. The molecule has 150 valence electrons. The van der Waals surface area contributed by atoms with E-state index in [2.05, 4.69) is 10.2 Å². The van der Waals surface area contributed by atoms with Gasteiger partial charge in [0.25, 0.3) is 0 Å². The highest BCUT2D eigenvalue weighted by molar-refractivity contribution is 5.85. The molecule has 0 spiro atoms. The lowest BCUT2D eigenvalue weighted by Crippen LogP contribution is -2.44. The minimum Gasteiger partial charge on any atom is -0.340 e. The summed E-state index contributed by atoms with van der Waals surface area (Å²) in [5.74, 6) is 1.07. The Hall–Kier alpha value is -2.15. The van der Waals surface area contributed by atoms with Crippen molar-refractivity contribution in [2.45, 2.75) is 31.7 Å². The molecule has 2 aromatic heterocycles. The van der Waals surface area contributed by atoms with Crippen LogP contribution in [-0.4, -0.2) is 38.5 Å². The number of hydrogen-bond acceptors (Lipinski definition) is 4. The van der Waals surface area contributed by atoms with E-state index >= 15 is 0 Å². The van der Waals surface area contributed by atoms with Crippen molar-refractivity contribution in [1.82, 2.24) is 19.5 Å². The van der Waals surface area contributed by atoms with E-state index in [4.69, 9.17) is 5.73 Å². The van der Waals surface area contributed by atoms with Crippen LogP contribution in [0.2, 0.25) is 0 Å². The molecule has 1 aliphatic heterocycles. The summed E-state index contributed by atoms with van der Waals surface area (Å²) in [4.78, 5) is 14.8. The molecule has 8 heteroatoms. The van der Waals surface area contributed by atoms with Crippen LogP contribution in [0.25, 0.3) is 5.65 Å². The van der Waals surface area contributed by atoms with Crippen molar-refractivity contribution < 1.29 is 4.79 Å². The van der Waals surface area contributed by atoms with Gasteiger partial charge in [0, 0.05) is 25.2 Å². The summed E-state index contributed by atoms with van der Waals surface area (Å²) >= 11 is 0. The lowest BCUT2D eigenvalue weighted by atomic mass is 9.95. The summed E-state index contributed by atoms with van der Waals surface area (Å²) in [6, 6.07) is 13.1. The summed E-state index contributed by atoms with van der Waals surface area (Å²) in [5, 5.41) is 8.61. The van der Waals surface area contributed by atoms with Crippen LogP contribution in [0.15, 0.2) is 48.7 Å². The van der Waals surface area contributed by atoms with Crippen LogP contribution in [0.3, 0.4) is 0 Å². The van der Waals surface area contributed by atoms with E-state index in [1.807, 2.05) is 64.9 Å². The Labute approximate surface area is 176 Å². The average molecular weight is 422 g/mol. The second-order valence-corrected chi connectivity index (χ2v) is 7.00. The van der Waals surface area contributed by atoms with Gasteiger partial charge in [0.1, 0.15) is 11.9 Å². The van der Waals surface area contributed by atoms with Crippen LogP contribution in [0.4, 0.5) is 0 Å². The topological polar surface area (TPSA) is 76.5 Å². The second kappa shape index (κ2) is 9.37. The molecule has 0 saturated carbocycles. The van der Waals surface area contributed by atoms with Crippen molar-refractivity contribution in [2.24, 2.45) is 5.73 Å². The SMILES string of the molecule is Cc1ccc(C(N)C(=O)N2CCCC(c3nnc4ccccn34)C2)cc1.Cl.Cl. The van der Waals surface area contributed by atoms with Gasteiger partial charge in [-0.3, -0.25) is 9.20 Å². The fourth-order valence-electron chi connectivity index (χ4n) is 3.64. The number of carbonyl (C=O) groups excluding carboxylic acids is 1. The molecule has 1 fully saturated rings. The molecule has 6 nitrogen and oxygen atoms in total. The number of carbonyl (C=O) groups is 1. The van der Waals surface area contributed by atoms with E-state index in [1.165, 1.54) is 0 Å². The van der Waals surface area contributed by atoms with Gasteiger partial charge in [-0.05, 0) is 37.5 Å². The average Bonchev–Trinajstić information content (AvgIpc) is 3.12. The Morgan fingerprint density at radius 1 is 1.14 bits per heavy atom. The van der Waals surface area contributed by atoms with Gasteiger partial charge in [-0.25, -0.2) is 0 Å². The van der Waals surface area contributed by atoms with Crippen LogP contribution >= 0.6 is 24.8 Å². The molecule has 1 saturated heterocycles. The van der Waals surface area contributed by atoms with Crippen LogP contribution < -0.4 is 5.73 Å². The van der Waals surface area contributed by atoms with Gasteiger partial charge in [-0.2, -0.15) is 0 Å². The molecule has 2 atom stereocenters. The summed E-state index contributed by atoms with van der Waals surface area (Å²) in [6.45, 7) is 3.40. The number of aromatic nitrogens is 3. The Bertz CT molecular complexity index is 928. The number of halogens is 2. The molecule has 4 rings (SSSR count). The number of hydrogen-bond donors (Lipinski definition) is 1. The van der Waals surface area contributed by atoms with Crippen LogP contribution in [-0.2, 0) is 4.79 Å². The summed E-state index contributed by atoms with van der Waals surface area (Å²) < 4.78 is 2.01. The van der Waals surface area contributed by atoms with E-state index in [0.29, 0.717) is 6.54 Å². The lowest BCUT2D eigenvalue weighted by Gasteiger charge is -2.33. The zero-order chi connectivity index (χ0) is 18.1. The zero-order valence-electron chi connectivity index (χ0n) is 15.7. The molecular weight excluding hydrogens is 397 g/mol. The third-order valence-electron chi connectivity index (χ3n) is 5.14. The number of pyridine rings is 1. The first-order valence-corrected chi connectivity index (χ1v) is 9.04. The fraction of sp³-hybridized carbons (Fsp3) is 0.350. The van der Waals surface area contributed by atoms with E-state index < -0.39 is 6.04 Å². The number of rotatable bonds is 3. The van der Waals surface area contributed by atoms with Crippen molar-refractivity contribution in [3.05, 3.63) is 65.6 Å². The number of amides is 1. The first-order chi connectivity index (χ1) is 12.6. The Morgan fingerprint density at radius 3 is 2.64 bits per heavy atom. The molecule has 2 unspecified atom stereocenters. The molecule has 1 aromatic carbocycles. The van der Waals surface area contributed by atoms with E-state index in [-0.39, 0.29) is 36.6 Å². The van der Waals surface area contributed by atoms with Crippen molar-refractivity contribution in [3.63, 3.8) is 0 Å². The minimum absolute atomic E-state index is 0. The van der Waals surface area contributed by atoms with Crippen LogP contribution in [0.1, 0.15) is 41.8 Å². The quantitative estimate of drug-likeness (QED) is 0.703. The van der Waals surface area contributed by atoms with Crippen molar-refractivity contribution in [2.75, 3.05) is 13.1 Å². The molecule has 0 aliphatic carbocycles. The molecule has 1 amide bonds. The molecule has 2 N–H and O–H groups in total. The number of likely N-dealkylation sites (tertiary alicyclic amines) is 1. The number of benzene rings is 1. The Kier molecular flexibility index (Phi) is 7.41. The van der Waals surface area contributed by atoms with Crippen LogP contribution in [0, 0.1) is 6.92 Å². The summed E-state index contributed by atoms with van der Waals surface area (Å²) in [5.41, 5.74) is 9.10. The Balaban J connectivity index is 0.00000140. The first kappa shape index (κ1) is 22.1. The number of nitrogens with zero attached hydrogens (tertiary/aromatic N) is 4. The highest BCUT2D eigenvalue weighted by Crippen LogP contribution is 2.27.